The first kappa shape index (κ1) is 107. The van der Waals surface area contributed by atoms with Gasteiger partial charge in [0.2, 0.25) is 0 Å². The Morgan fingerprint density at radius 3 is 0.651 bits per heavy atom. The number of esters is 4. The summed E-state index contributed by atoms with van der Waals surface area (Å²) in [4.78, 5) is 73.3. The molecule has 0 saturated carbocycles. The summed E-state index contributed by atoms with van der Waals surface area (Å²) in [6.07, 6.45) is 77.9. The largest absolute Gasteiger partial charge is 0.472 e. The van der Waals surface area contributed by atoms with Crippen molar-refractivity contribution < 1.29 is 80.2 Å². The molecule has 0 amide bonds. The lowest BCUT2D eigenvalue weighted by Gasteiger charge is -2.21. The highest BCUT2D eigenvalue weighted by Gasteiger charge is 2.31. The Labute approximate surface area is 670 Å². The normalized spacial score (nSPS) is 13.9. The van der Waals surface area contributed by atoms with Crippen LogP contribution in [0.4, 0.5) is 0 Å². The molecule has 6 atom stereocenters. The molecular weight excluding hydrogens is 1410 g/mol. The molecule has 0 rings (SSSR count). The maximum atomic E-state index is 13.2. The van der Waals surface area contributed by atoms with Crippen molar-refractivity contribution in [3.05, 3.63) is 0 Å². The van der Waals surface area contributed by atoms with E-state index in [4.69, 9.17) is 37.0 Å². The molecule has 3 unspecified atom stereocenters. The van der Waals surface area contributed by atoms with E-state index in [0.717, 1.165) is 95.8 Å². The van der Waals surface area contributed by atoms with Crippen LogP contribution in [0.15, 0.2) is 0 Å². The molecule has 0 aliphatic rings. The van der Waals surface area contributed by atoms with E-state index in [1.54, 1.807) is 0 Å². The van der Waals surface area contributed by atoms with Gasteiger partial charge in [-0.2, -0.15) is 0 Å². The van der Waals surface area contributed by atoms with Gasteiger partial charge in [-0.3, -0.25) is 37.3 Å². The fourth-order valence-corrected chi connectivity index (χ4v) is 15.7. The third-order valence-corrected chi connectivity index (χ3v) is 23.5. The molecule has 19 heteroatoms. The van der Waals surface area contributed by atoms with Crippen LogP contribution in [0, 0.1) is 5.92 Å². The van der Waals surface area contributed by atoms with Crippen molar-refractivity contribution in [3.63, 3.8) is 0 Å². The number of carbonyl (C=O) groups is 4. The van der Waals surface area contributed by atoms with Crippen LogP contribution in [0.5, 0.6) is 0 Å². The topological polar surface area (TPSA) is 237 Å². The molecule has 109 heavy (non-hydrogen) atoms. The third kappa shape index (κ3) is 82.4. The molecule has 0 aliphatic carbocycles. The van der Waals surface area contributed by atoms with E-state index in [2.05, 4.69) is 34.6 Å². The Kier molecular flexibility index (Phi) is 81.1. The van der Waals surface area contributed by atoms with Crippen LogP contribution in [0.2, 0.25) is 0 Å². The lowest BCUT2D eigenvalue weighted by molar-refractivity contribution is -0.161. The van der Waals surface area contributed by atoms with Crippen molar-refractivity contribution in [2.45, 2.75) is 509 Å². The zero-order valence-electron chi connectivity index (χ0n) is 71.7. The van der Waals surface area contributed by atoms with Gasteiger partial charge in [0.15, 0.2) is 12.2 Å². The van der Waals surface area contributed by atoms with Crippen molar-refractivity contribution in [3.8, 4) is 0 Å². The average Bonchev–Trinajstić information content (AvgIpc) is 0.899. The van der Waals surface area contributed by atoms with E-state index in [-0.39, 0.29) is 25.7 Å². The van der Waals surface area contributed by atoms with Gasteiger partial charge in [0.25, 0.3) is 0 Å². The third-order valence-electron chi connectivity index (χ3n) is 21.6. The standard InChI is InChI=1S/C90H176O17P2/c1-6-10-13-16-19-22-24-26-28-30-32-37-41-45-49-54-59-64-69-74-88(93)101-80-86(107-90(95)76-71-66-61-56-51-47-43-39-35-34-36-40-44-48-53-57-62-67-72-83(5)9-4)82-105-109(98,99)103-78-84(91)77-102-108(96,97)104-81-85(79-100-87(92)73-68-63-58-52-21-18-15-12-8-3)106-89(94)75-70-65-60-55-50-46-42-38-33-31-29-27-25-23-20-17-14-11-7-2/h83-86,91H,6-82H2,1-5H3,(H,96,97)(H,98,99)/t83?,84-,85+,86+/m0/s1. The van der Waals surface area contributed by atoms with E-state index in [1.807, 2.05) is 0 Å². The van der Waals surface area contributed by atoms with Gasteiger partial charge in [0.1, 0.15) is 19.3 Å². The number of carbonyl (C=O) groups excluding carboxylic acids is 4. The zero-order chi connectivity index (χ0) is 79.7. The van der Waals surface area contributed by atoms with Crippen molar-refractivity contribution in [2.24, 2.45) is 5.92 Å². The summed E-state index contributed by atoms with van der Waals surface area (Å²) in [7, 11) is -9.93. The number of aliphatic hydroxyl groups is 1. The number of phosphoric acid groups is 2. The van der Waals surface area contributed by atoms with Gasteiger partial charge < -0.3 is 33.8 Å². The Hall–Kier alpha value is -1.94. The average molecular weight is 1590 g/mol. The van der Waals surface area contributed by atoms with Gasteiger partial charge in [-0.1, -0.05) is 439 Å². The number of hydrogen-bond donors (Lipinski definition) is 3. The summed E-state index contributed by atoms with van der Waals surface area (Å²) in [6, 6.07) is 0. The Morgan fingerprint density at radius 1 is 0.257 bits per heavy atom. The minimum Gasteiger partial charge on any atom is -0.462 e. The number of hydrogen-bond acceptors (Lipinski definition) is 15. The SMILES string of the molecule is CCCCCCCCCCCCCCCCCCCCCC(=O)OC[C@H](COP(=O)(O)OC[C@@H](O)COP(=O)(O)OC[C@@H](COC(=O)CCCCCCCCCCC)OC(=O)CCCCCCCCCCCCCCCCCCCCC)OC(=O)CCCCCCCCCCCCCCCCCCCCC(C)CC. The second-order valence-electron chi connectivity index (χ2n) is 32.6. The Bertz CT molecular complexity index is 2070. The quantitative estimate of drug-likeness (QED) is 0.0222. The van der Waals surface area contributed by atoms with Gasteiger partial charge in [0, 0.05) is 25.7 Å². The van der Waals surface area contributed by atoms with Crippen molar-refractivity contribution in [1.82, 2.24) is 0 Å². The van der Waals surface area contributed by atoms with E-state index in [1.165, 1.54) is 315 Å². The molecule has 0 aromatic heterocycles. The lowest BCUT2D eigenvalue weighted by Crippen LogP contribution is -2.30. The van der Waals surface area contributed by atoms with Crippen LogP contribution in [0.3, 0.4) is 0 Å². The van der Waals surface area contributed by atoms with Gasteiger partial charge >= 0.3 is 39.5 Å². The lowest BCUT2D eigenvalue weighted by atomic mass is 9.99. The first-order chi connectivity index (χ1) is 53.1. The summed E-state index contributed by atoms with van der Waals surface area (Å²) >= 11 is 0. The fourth-order valence-electron chi connectivity index (χ4n) is 14.1. The van der Waals surface area contributed by atoms with Gasteiger partial charge in [-0.25, -0.2) is 9.13 Å². The van der Waals surface area contributed by atoms with Crippen LogP contribution in [-0.2, 0) is 65.4 Å². The second-order valence-corrected chi connectivity index (χ2v) is 35.5. The molecule has 0 bridgehead atoms. The van der Waals surface area contributed by atoms with Crippen LogP contribution >= 0.6 is 15.6 Å². The van der Waals surface area contributed by atoms with E-state index in [9.17, 15) is 43.2 Å². The monoisotopic (exact) mass is 1590 g/mol. The Morgan fingerprint density at radius 2 is 0.440 bits per heavy atom. The highest BCUT2D eigenvalue weighted by atomic mass is 31.2. The molecule has 0 heterocycles. The predicted octanol–water partition coefficient (Wildman–Crippen LogP) is 27.9. The number of phosphoric ester groups is 2. The van der Waals surface area contributed by atoms with Gasteiger partial charge in [-0.15, -0.1) is 0 Å². The first-order valence-corrected chi connectivity index (χ1v) is 49.7. The van der Waals surface area contributed by atoms with Crippen LogP contribution in [0.25, 0.3) is 0 Å². The minimum atomic E-state index is -4.97. The number of unbranched alkanes of at least 4 members (excludes halogenated alkanes) is 61. The molecular formula is C90H176O17P2. The van der Waals surface area contributed by atoms with Crippen LogP contribution in [-0.4, -0.2) is 96.7 Å². The van der Waals surface area contributed by atoms with Crippen molar-refractivity contribution in [2.75, 3.05) is 39.6 Å². The molecule has 0 radical (unpaired) electrons. The molecule has 0 aromatic carbocycles. The molecule has 0 aliphatic heterocycles. The summed E-state index contributed by atoms with van der Waals surface area (Å²) in [5, 5.41) is 10.7. The molecule has 0 spiro atoms. The van der Waals surface area contributed by atoms with Crippen molar-refractivity contribution >= 4 is 39.5 Å². The predicted molar refractivity (Wildman–Crippen MR) is 451 cm³/mol. The van der Waals surface area contributed by atoms with Crippen molar-refractivity contribution in [1.29, 1.82) is 0 Å². The smallest absolute Gasteiger partial charge is 0.462 e. The highest BCUT2D eigenvalue weighted by Crippen LogP contribution is 2.45. The molecule has 0 saturated heterocycles. The first-order valence-electron chi connectivity index (χ1n) is 46.7. The van der Waals surface area contributed by atoms with Crippen LogP contribution in [0.1, 0.15) is 490 Å². The number of rotatable bonds is 90. The van der Waals surface area contributed by atoms with E-state index in [0.29, 0.717) is 25.7 Å². The molecule has 3 N–H and O–H groups in total. The summed E-state index contributed by atoms with van der Waals surface area (Å²) in [5.41, 5.74) is 0. The molecule has 0 fully saturated rings. The second kappa shape index (κ2) is 82.6. The number of ether oxygens (including phenoxy) is 4. The Balaban J connectivity index is 5.19. The minimum absolute atomic E-state index is 0.109. The van der Waals surface area contributed by atoms with E-state index >= 15 is 0 Å². The molecule has 648 valence electrons. The zero-order valence-corrected chi connectivity index (χ0v) is 73.5. The van der Waals surface area contributed by atoms with Gasteiger partial charge in [0.05, 0.1) is 26.4 Å². The molecule has 17 nitrogen and oxygen atoms in total. The summed E-state index contributed by atoms with van der Waals surface area (Å²) in [6.45, 7) is 7.44. The maximum Gasteiger partial charge on any atom is 0.472 e. The summed E-state index contributed by atoms with van der Waals surface area (Å²) < 4.78 is 69.0. The molecule has 0 aromatic rings. The highest BCUT2D eigenvalue weighted by molar-refractivity contribution is 7.47. The fraction of sp³-hybridized carbons (Fsp3) is 0.956. The van der Waals surface area contributed by atoms with Crippen LogP contribution < -0.4 is 0 Å². The maximum absolute atomic E-state index is 13.2. The number of aliphatic hydroxyl groups excluding tert-OH is 1. The summed E-state index contributed by atoms with van der Waals surface area (Å²) in [5.74, 6) is -1.23. The van der Waals surface area contributed by atoms with E-state index < -0.39 is 97.5 Å². The van der Waals surface area contributed by atoms with Gasteiger partial charge in [-0.05, 0) is 31.6 Å².